The molecule has 0 aliphatic carbocycles. The monoisotopic (exact) mass is 625 g/mol. The molecule has 0 radical (unpaired) electrons. The van der Waals surface area contributed by atoms with Gasteiger partial charge in [-0.2, -0.15) is 0 Å². The number of hydrogen-bond acceptors (Lipinski definition) is 4. The fourth-order valence-corrected chi connectivity index (χ4v) is 6.66. The summed E-state index contributed by atoms with van der Waals surface area (Å²) in [6, 6.07) is 30.2. The van der Waals surface area contributed by atoms with Gasteiger partial charge in [0.25, 0.3) is 10.0 Å². The number of nitrogens with zero attached hydrogens (tertiary/aromatic N) is 2. The summed E-state index contributed by atoms with van der Waals surface area (Å²) >= 11 is 0. The summed E-state index contributed by atoms with van der Waals surface area (Å²) in [5.41, 5.74) is 4.81. The van der Waals surface area contributed by atoms with Crippen LogP contribution in [0.2, 0.25) is 0 Å². The van der Waals surface area contributed by atoms with Gasteiger partial charge in [-0.05, 0) is 61.6 Å². The van der Waals surface area contributed by atoms with Crippen molar-refractivity contribution in [2.24, 2.45) is 5.92 Å². The molecular formula is C37H43N3O4S. The van der Waals surface area contributed by atoms with Gasteiger partial charge in [0.1, 0.15) is 12.6 Å². The van der Waals surface area contributed by atoms with E-state index in [9.17, 15) is 18.0 Å². The minimum atomic E-state index is -4.14. The van der Waals surface area contributed by atoms with Crippen LogP contribution in [0.1, 0.15) is 41.7 Å². The zero-order chi connectivity index (χ0) is 32.6. The van der Waals surface area contributed by atoms with E-state index >= 15 is 0 Å². The zero-order valence-electron chi connectivity index (χ0n) is 26.7. The third-order valence-corrected chi connectivity index (χ3v) is 9.44. The molecule has 4 aromatic rings. The largest absolute Gasteiger partial charge is 0.354 e. The molecule has 4 aromatic carbocycles. The Hall–Kier alpha value is -4.43. The molecule has 45 heavy (non-hydrogen) atoms. The highest BCUT2D eigenvalue weighted by Crippen LogP contribution is 2.28. The normalized spacial score (nSPS) is 12.0. The van der Waals surface area contributed by atoms with Crippen molar-refractivity contribution >= 4 is 27.5 Å². The van der Waals surface area contributed by atoms with Crippen LogP contribution in [-0.2, 0) is 32.6 Å². The van der Waals surface area contributed by atoms with Gasteiger partial charge in [0.05, 0.1) is 10.6 Å². The number of rotatable bonds is 13. The highest BCUT2D eigenvalue weighted by molar-refractivity contribution is 7.92. The van der Waals surface area contributed by atoms with E-state index in [0.29, 0.717) is 17.8 Å². The molecule has 0 spiro atoms. The molecule has 0 aliphatic rings. The molecule has 0 saturated heterocycles. The van der Waals surface area contributed by atoms with Gasteiger partial charge in [0.15, 0.2) is 0 Å². The van der Waals surface area contributed by atoms with Gasteiger partial charge in [-0.25, -0.2) is 8.42 Å². The number of hydrogen-bond donors (Lipinski definition) is 1. The number of aryl methyl sites for hydroxylation is 3. The third kappa shape index (κ3) is 8.82. The van der Waals surface area contributed by atoms with Gasteiger partial charge >= 0.3 is 0 Å². The van der Waals surface area contributed by atoms with E-state index in [1.54, 1.807) is 36.4 Å². The molecule has 0 bridgehead atoms. The molecule has 0 heterocycles. The van der Waals surface area contributed by atoms with Crippen molar-refractivity contribution in [2.45, 2.75) is 58.5 Å². The van der Waals surface area contributed by atoms with Crippen molar-refractivity contribution in [2.75, 3.05) is 17.4 Å². The van der Waals surface area contributed by atoms with Crippen molar-refractivity contribution in [3.63, 3.8) is 0 Å². The van der Waals surface area contributed by atoms with Crippen LogP contribution in [0.15, 0.2) is 108 Å². The van der Waals surface area contributed by atoms with Crippen molar-refractivity contribution in [1.82, 2.24) is 10.2 Å². The predicted molar refractivity (Wildman–Crippen MR) is 180 cm³/mol. The molecule has 0 unspecified atom stereocenters. The molecule has 4 rings (SSSR count). The molecule has 2 amide bonds. The average molecular weight is 626 g/mol. The smallest absolute Gasteiger partial charge is 0.264 e. The van der Waals surface area contributed by atoms with Crippen molar-refractivity contribution in [1.29, 1.82) is 0 Å². The molecule has 0 saturated carbocycles. The van der Waals surface area contributed by atoms with Crippen LogP contribution in [-0.4, -0.2) is 44.3 Å². The lowest BCUT2D eigenvalue weighted by Crippen LogP contribution is -2.53. The quantitative estimate of drug-likeness (QED) is 0.191. The summed E-state index contributed by atoms with van der Waals surface area (Å²) < 4.78 is 29.6. The second-order valence-electron chi connectivity index (χ2n) is 12.0. The van der Waals surface area contributed by atoms with Crippen LogP contribution in [0.25, 0.3) is 0 Å². The van der Waals surface area contributed by atoms with E-state index in [-0.39, 0.29) is 29.7 Å². The summed E-state index contributed by atoms with van der Waals surface area (Å²) in [6.45, 7) is 9.82. The Morgan fingerprint density at radius 3 is 2.04 bits per heavy atom. The van der Waals surface area contributed by atoms with E-state index in [1.807, 2.05) is 101 Å². The summed E-state index contributed by atoms with van der Waals surface area (Å²) in [4.78, 5) is 30.1. The lowest BCUT2D eigenvalue weighted by Gasteiger charge is -2.34. The first-order chi connectivity index (χ1) is 21.5. The van der Waals surface area contributed by atoms with Crippen molar-refractivity contribution in [3.8, 4) is 0 Å². The van der Waals surface area contributed by atoms with E-state index in [1.165, 1.54) is 9.21 Å². The number of benzene rings is 4. The Balaban J connectivity index is 1.81. The topological polar surface area (TPSA) is 86.8 Å². The van der Waals surface area contributed by atoms with Gasteiger partial charge in [-0.3, -0.25) is 13.9 Å². The molecule has 0 aliphatic heterocycles. The maximum atomic E-state index is 14.6. The number of amides is 2. The number of para-hydroxylation sites is 1. The number of nitrogens with one attached hydrogen (secondary N) is 1. The summed E-state index contributed by atoms with van der Waals surface area (Å²) in [6.07, 6.45) is 0.275. The maximum Gasteiger partial charge on any atom is 0.264 e. The van der Waals surface area contributed by atoms with E-state index in [2.05, 4.69) is 5.32 Å². The first kappa shape index (κ1) is 33.5. The minimum absolute atomic E-state index is 0.0879. The van der Waals surface area contributed by atoms with Crippen molar-refractivity contribution in [3.05, 3.63) is 131 Å². The van der Waals surface area contributed by atoms with E-state index in [0.717, 1.165) is 22.3 Å². The lowest BCUT2D eigenvalue weighted by atomic mass is 10.0. The van der Waals surface area contributed by atoms with Gasteiger partial charge in [-0.15, -0.1) is 0 Å². The molecule has 0 aromatic heterocycles. The van der Waals surface area contributed by atoms with Crippen molar-refractivity contribution < 1.29 is 18.0 Å². The molecule has 8 heteroatoms. The summed E-state index contributed by atoms with van der Waals surface area (Å²) in [5, 5.41) is 3.03. The van der Waals surface area contributed by atoms with Crippen LogP contribution in [0.3, 0.4) is 0 Å². The Bertz CT molecular complexity index is 1700. The maximum absolute atomic E-state index is 14.6. The van der Waals surface area contributed by atoms with Gasteiger partial charge < -0.3 is 10.2 Å². The zero-order valence-corrected chi connectivity index (χ0v) is 27.6. The number of sulfonamides is 1. The third-order valence-electron chi connectivity index (χ3n) is 7.66. The van der Waals surface area contributed by atoms with Crippen LogP contribution < -0.4 is 9.62 Å². The molecular weight excluding hydrogens is 582 g/mol. The summed E-state index contributed by atoms with van der Waals surface area (Å²) in [5.74, 6) is -0.545. The SMILES string of the molecule is Cc1ccc(S(=O)(=O)N(CC(=O)N(Cc2cccc(C)c2)[C@@H](Cc2ccccc2)C(=O)NCC(C)C)c2ccccc2C)cc1. The van der Waals surface area contributed by atoms with Crippen LogP contribution in [0, 0.1) is 26.7 Å². The number of anilines is 1. The molecule has 1 N–H and O–H groups in total. The number of carbonyl (C=O) groups excluding carboxylic acids is 2. The van der Waals surface area contributed by atoms with E-state index in [4.69, 9.17) is 0 Å². The second-order valence-corrected chi connectivity index (χ2v) is 13.8. The van der Waals surface area contributed by atoms with Gasteiger partial charge in [-0.1, -0.05) is 110 Å². The average Bonchev–Trinajstić information content (AvgIpc) is 3.01. The minimum Gasteiger partial charge on any atom is -0.354 e. The molecule has 1 atom stereocenters. The Morgan fingerprint density at radius 1 is 0.756 bits per heavy atom. The molecule has 236 valence electrons. The van der Waals surface area contributed by atoms with Gasteiger partial charge in [0, 0.05) is 19.5 Å². The fraction of sp³-hybridized carbons (Fsp3) is 0.297. The highest BCUT2D eigenvalue weighted by atomic mass is 32.2. The first-order valence-corrected chi connectivity index (χ1v) is 16.7. The molecule has 7 nitrogen and oxygen atoms in total. The predicted octanol–water partition coefficient (Wildman–Crippen LogP) is 6.22. The highest BCUT2D eigenvalue weighted by Gasteiger charge is 2.35. The fourth-order valence-electron chi connectivity index (χ4n) is 5.18. The van der Waals surface area contributed by atoms with Crippen LogP contribution in [0.5, 0.6) is 0 Å². The Kier molecular flexibility index (Phi) is 11.2. The summed E-state index contributed by atoms with van der Waals surface area (Å²) in [7, 11) is -4.14. The standard InChI is InChI=1S/C37H43N3O4S/c1-27(2)24-38-37(42)35(23-31-14-7-6-8-15-31)39(25-32-16-11-12-29(4)22-32)36(41)26-40(34-17-10-9-13-30(34)5)45(43,44)33-20-18-28(3)19-21-33/h6-22,27,35H,23-26H2,1-5H3,(H,38,42)/t35-/m0/s1. The van der Waals surface area contributed by atoms with E-state index < -0.39 is 28.5 Å². The molecule has 0 fully saturated rings. The lowest BCUT2D eigenvalue weighted by molar-refractivity contribution is -0.140. The second kappa shape index (κ2) is 15.0. The Morgan fingerprint density at radius 2 is 1.40 bits per heavy atom. The van der Waals surface area contributed by atoms with Crippen LogP contribution >= 0.6 is 0 Å². The number of carbonyl (C=O) groups is 2. The first-order valence-electron chi connectivity index (χ1n) is 15.3. The Labute approximate surface area is 268 Å². The van der Waals surface area contributed by atoms with Gasteiger partial charge in [0.2, 0.25) is 11.8 Å². The van der Waals surface area contributed by atoms with Crippen LogP contribution in [0.4, 0.5) is 5.69 Å².